The minimum Gasteiger partial charge on any atom is -0.297 e. The third-order valence-corrected chi connectivity index (χ3v) is 0.928. The van der Waals surface area contributed by atoms with E-state index in [0.29, 0.717) is 0 Å². The molecule has 0 rings (SSSR count). The molecular weight excluding hydrogens is 170 g/mol. The SMILES string of the molecule is C/C=C\C=NC.CC.CC.CCCC. The van der Waals surface area contributed by atoms with Gasteiger partial charge < -0.3 is 0 Å². The van der Waals surface area contributed by atoms with Gasteiger partial charge >= 0.3 is 0 Å². The first-order valence-electron chi connectivity index (χ1n) is 5.86. The molecular formula is C13H31N. The number of aliphatic imine (C=N–C) groups is 1. The fraction of sp³-hybridized carbons (Fsp3) is 0.769. The van der Waals surface area contributed by atoms with Gasteiger partial charge in [-0.2, -0.15) is 0 Å². The van der Waals surface area contributed by atoms with Gasteiger partial charge in [0.15, 0.2) is 0 Å². The molecule has 0 bridgehead atoms. The van der Waals surface area contributed by atoms with Gasteiger partial charge in [0.05, 0.1) is 0 Å². The normalized spacial score (nSPS) is 8.00. The van der Waals surface area contributed by atoms with E-state index >= 15 is 0 Å². The monoisotopic (exact) mass is 201 g/mol. The molecule has 0 saturated heterocycles. The van der Waals surface area contributed by atoms with Crippen LogP contribution in [-0.4, -0.2) is 13.3 Å². The summed E-state index contributed by atoms with van der Waals surface area (Å²) in [5.74, 6) is 0. The molecule has 0 spiro atoms. The maximum Gasteiger partial charge on any atom is 0.0277 e. The van der Waals surface area contributed by atoms with E-state index in [1.165, 1.54) is 12.8 Å². The molecule has 0 N–H and O–H groups in total. The van der Waals surface area contributed by atoms with E-state index in [-0.39, 0.29) is 0 Å². The number of unbranched alkanes of at least 4 members (excludes halogenated alkanes) is 1. The van der Waals surface area contributed by atoms with E-state index in [1.807, 2.05) is 46.8 Å². The molecule has 0 heterocycles. The molecule has 0 fully saturated rings. The Hall–Kier alpha value is -0.590. The predicted molar refractivity (Wildman–Crippen MR) is 72.5 cm³/mol. The summed E-state index contributed by atoms with van der Waals surface area (Å²) in [5, 5.41) is 0. The fourth-order valence-corrected chi connectivity index (χ4v) is 0.172. The predicted octanol–water partition coefficient (Wildman–Crippen LogP) is 5.12. The van der Waals surface area contributed by atoms with Crippen molar-refractivity contribution in [3.05, 3.63) is 12.2 Å². The minimum absolute atomic E-state index is 1.32. The van der Waals surface area contributed by atoms with Gasteiger partial charge in [-0.15, -0.1) is 0 Å². The lowest BCUT2D eigenvalue weighted by Gasteiger charge is -1.68. The highest BCUT2D eigenvalue weighted by atomic mass is 14.6. The first-order valence-corrected chi connectivity index (χ1v) is 5.86. The molecule has 0 amide bonds. The van der Waals surface area contributed by atoms with Crippen molar-refractivity contribution in [2.45, 2.75) is 61.3 Å². The van der Waals surface area contributed by atoms with Gasteiger partial charge in [0, 0.05) is 13.3 Å². The molecule has 0 radical (unpaired) electrons. The maximum absolute atomic E-state index is 3.71. The van der Waals surface area contributed by atoms with Crippen molar-refractivity contribution in [3.63, 3.8) is 0 Å². The summed E-state index contributed by atoms with van der Waals surface area (Å²) in [4.78, 5) is 3.71. The Labute approximate surface area is 92.3 Å². The summed E-state index contributed by atoms with van der Waals surface area (Å²) >= 11 is 0. The molecule has 0 aliphatic heterocycles. The second kappa shape index (κ2) is 55.2. The average molecular weight is 201 g/mol. The maximum atomic E-state index is 3.71. The number of hydrogen-bond acceptors (Lipinski definition) is 1. The van der Waals surface area contributed by atoms with Crippen LogP contribution >= 0.6 is 0 Å². The Morgan fingerprint density at radius 1 is 0.929 bits per heavy atom. The van der Waals surface area contributed by atoms with Crippen molar-refractivity contribution >= 4 is 6.21 Å². The van der Waals surface area contributed by atoms with E-state index in [2.05, 4.69) is 18.8 Å². The Bertz CT molecular complexity index is 71.2. The van der Waals surface area contributed by atoms with Crippen LogP contribution in [0.4, 0.5) is 0 Å². The molecule has 0 unspecified atom stereocenters. The molecule has 1 heteroatoms. The highest BCUT2D eigenvalue weighted by molar-refractivity contribution is 5.70. The summed E-state index contributed by atoms with van der Waals surface area (Å²) in [5.41, 5.74) is 0. The Morgan fingerprint density at radius 3 is 1.36 bits per heavy atom. The van der Waals surface area contributed by atoms with Gasteiger partial charge in [0.25, 0.3) is 0 Å². The minimum atomic E-state index is 1.32. The van der Waals surface area contributed by atoms with Gasteiger partial charge in [-0.1, -0.05) is 60.5 Å². The molecule has 14 heavy (non-hydrogen) atoms. The third kappa shape index (κ3) is 106. The van der Waals surface area contributed by atoms with Crippen LogP contribution in [0.2, 0.25) is 0 Å². The average Bonchev–Trinajstić information content (AvgIpc) is 2.32. The molecule has 1 nitrogen and oxygen atoms in total. The van der Waals surface area contributed by atoms with E-state index in [1.54, 1.807) is 13.3 Å². The van der Waals surface area contributed by atoms with E-state index in [0.717, 1.165) is 0 Å². The Kier molecular flexibility index (Phi) is 92.0. The van der Waals surface area contributed by atoms with Crippen molar-refractivity contribution in [2.75, 3.05) is 7.05 Å². The van der Waals surface area contributed by atoms with E-state index in [4.69, 9.17) is 0 Å². The van der Waals surface area contributed by atoms with Crippen molar-refractivity contribution < 1.29 is 0 Å². The quantitative estimate of drug-likeness (QED) is 0.550. The third-order valence-electron chi connectivity index (χ3n) is 0.928. The summed E-state index contributed by atoms with van der Waals surface area (Å²) in [6.45, 7) is 14.3. The molecule has 0 saturated carbocycles. The summed E-state index contributed by atoms with van der Waals surface area (Å²) in [6, 6.07) is 0. The van der Waals surface area contributed by atoms with Crippen molar-refractivity contribution in [1.82, 2.24) is 0 Å². The van der Waals surface area contributed by atoms with E-state index in [9.17, 15) is 0 Å². The lowest BCUT2D eigenvalue weighted by molar-refractivity contribution is 0.886. The van der Waals surface area contributed by atoms with Gasteiger partial charge in [-0.3, -0.25) is 4.99 Å². The topological polar surface area (TPSA) is 12.4 Å². The molecule has 0 aromatic rings. The summed E-state index contributed by atoms with van der Waals surface area (Å²) in [7, 11) is 1.75. The zero-order valence-corrected chi connectivity index (χ0v) is 11.6. The van der Waals surface area contributed by atoms with Gasteiger partial charge in [0.2, 0.25) is 0 Å². The summed E-state index contributed by atoms with van der Waals surface area (Å²) in [6.07, 6.45) is 8.22. The lowest BCUT2D eigenvalue weighted by atomic mass is 10.4. The van der Waals surface area contributed by atoms with Crippen molar-refractivity contribution in [1.29, 1.82) is 0 Å². The zero-order chi connectivity index (χ0) is 12.2. The molecule has 0 aliphatic rings. The van der Waals surface area contributed by atoms with Crippen LogP contribution in [-0.2, 0) is 0 Å². The summed E-state index contributed by atoms with van der Waals surface area (Å²) < 4.78 is 0. The van der Waals surface area contributed by atoms with Crippen LogP contribution in [0.25, 0.3) is 0 Å². The van der Waals surface area contributed by atoms with Crippen molar-refractivity contribution in [3.8, 4) is 0 Å². The van der Waals surface area contributed by atoms with Crippen LogP contribution in [0.1, 0.15) is 61.3 Å². The molecule has 0 aromatic heterocycles. The van der Waals surface area contributed by atoms with Crippen LogP contribution in [0, 0.1) is 0 Å². The Morgan fingerprint density at radius 2 is 1.29 bits per heavy atom. The van der Waals surface area contributed by atoms with Crippen LogP contribution in [0.3, 0.4) is 0 Å². The molecule has 0 atom stereocenters. The van der Waals surface area contributed by atoms with Crippen LogP contribution in [0.5, 0.6) is 0 Å². The zero-order valence-electron chi connectivity index (χ0n) is 11.6. The standard InChI is InChI=1S/C5H9N.C4H10.2C2H6/c1-3-4-5-6-2;1-3-4-2;2*1-2/h3-5H,1-2H3;3-4H2,1-2H3;2*1-2H3/b4-3-,6-5?;;;. The van der Waals surface area contributed by atoms with Crippen molar-refractivity contribution in [2.24, 2.45) is 4.99 Å². The molecule has 88 valence electrons. The first-order chi connectivity index (χ1) is 6.83. The van der Waals surface area contributed by atoms with Crippen LogP contribution < -0.4 is 0 Å². The smallest absolute Gasteiger partial charge is 0.0277 e. The number of rotatable bonds is 2. The van der Waals surface area contributed by atoms with Gasteiger partial charge in [-0.05, 0) is 13.0 Å². The number of nitrogens with zero attached hydrogens (tertiary/aromatic N) is 1. The number of allylic oxidation sites excluding steroid dienone is 2. The fourth-order valence-electron chi connectivity index (χ4n) is 0.172. The second-order valence-electron chi connectivity index (χ2n) is 1.93. The highest BCUT2D eigenvalue weighted by Gasteiger charge is 1.56. The second-order valence-corrected chi connectivity index (χ2v) is 1.93. The molecule has 0 aliphatic carbocycles. The first kappa shape index (κ1) is 23.3. The number of hydrogen-bond donors (Lipinski definition) is 0. The largest absolute Gasteiger partial charge is 0.297 e. The highest BCUT2D eigenvalue weighted by Crippen LogP contribution is 1.76. The van der Waals surface area contributed by atoms with E-state index < -0.39 is 0 Å². The van der Waals surface area contributed by atoms with Gasteiger partial charge in [0.1, 0.15) is 0 Å². The Balaban J connectivity index is -0.0000000546. The molecule has 0 aromatic carbocycles. The lowest BCUT2D eigenvalue weighted by Crippen LogP contribution is -1.56. The van der Waals surface area contributed by atoms with Crippen LogP contribution in [0.15, 0.2) is 17.1 Å². The van der Waals surface area contributed by atoms with Gasteiger partial charge in [-0.25, -0.2) is 0 Å².